The Kier molecular flexibility index (Phi) is 11.6. The SMILES string of the molecule is C=CCCC(=O)NC[C@@H](OC(=O)[C@@H]1[C@@H]2CC[C@]3(O2)[C@H](C(=O)N(CC=C)c2c(C)cccc2C)N([C@@H](CO)Cc2ccccc2)C(=O)[C@@H]13)c1ccccc1. The van der Waals surface area contributed by atoms with Crippen LogP contribution in [0.2, 0.25) is 0 Å². The first-order valence-electron chi connectivity index (χ1n) is 18.4. The molecule has 7 atom stereocenters. The van der Waals surface area contributed by atoms with Gasteiger partial charge < -0.3 is 29.7 Å². The number of likely N-dealkylation sites (tertiary alicyclic amines) is 1. The van der Waals surface area contributed by atoms with Crippen LogP contribution in [0, 0.1) is 25.7 Å². The largest absolute Gasteiger partial charge is 0.455 e. The molecule has 0 saturated carbocycles. The van der Waals surface area contributed by atoms with Gasteiger partial charge in [-0.3, -0.25) is 19.2 Å². The maximum Gasteiger partial charge on any atom is 0.313 e. The van der Waals surface area contributed by atoms with Crippen molar-refractivity contribution in [3.8, 4) is 0 Å². The molecule has 3 aliphatic rings. The highest BCUT2D eigenvalue weighted by atomic mass is 16.6. The molecule has 0 aromatic heterocycles. The van der Waals surface area contributed by atoms with Crippen molar-refractivity contribution in [3.05, 3.63) is 126 Å². The second kappa shape index (κ2) is 16.3. The van der Waals surface area contributed by atoms with E-state index in [0.29, 0.717) is 31.2 Å². The van der Waals surface area contributed by atoms with Crippen LogP contribution in [0.4, 0.5) is 5.69 Å². The van der Waals surface area contributed by atoms with Gasteiger partial charge in [-0.2, -0.15) is 0 Å². The van der Waals surface area contributed by atoms with Crippen LogP contribution in [0.1, 0.15) is 54.0 Å². The zero-order valence-corrected chi connectivity index (χ0v) is 30.5. The minimum absolute atomic E-state index is 0.0386. The standard InChI is InChI=1S/C43H49N3O7/c1-5-7-21-35(48)44-26-34(31-19-12-9-13-20-31)52-42(51)36-33-22-23-43(53-33)37(36)40(49)46(32(27-47)25-30-17-10-8-11-18-30)39(43)41(50)45(24-6-2)38-28(3)15-14-16-29(38)4/h5-6,8-20,32-34,36-37,39,47H,1-2,7,21-27H2,3-4H3,(H,44,48)/t32-,33+,34-,36-,37-,39+,43-/m1/s1. The van der Waals surface area contributed by atoms with Gasteiger partial charge in [-0.15, -0.1) is 13.2 Å². The Labute approximate surface area is 311 Å². The number of carbonyl (C=O) groups excluding carboxylic acids is 4. The first-order valence-corrected chi connectivity index (χ1v) is 18.4. The third kappa shape index (κ3) is 7.30. The predicted molar refractivity (Wildman–Crippen MR) is 202 cm³/mol. The van der Waals surface area contributed by atoms with E-state index in [9.17, 15) is 19.5 Å². The van der Waals surface area contributed by atoms with Gasteiger partial charge in [0.2, 0.25) is 11.8 Å². The molecule has 3 fully saturated rings. The number of rotatable bonds is 16. The molecule has 0 unspecified atom stereocenters. The Morgan fingerprint density at radius 3 is 2.34 bits per heavy atom. The monoisotopic (exact) mass is 719 g/mol. The lowest BCUT2D eigenvalue weighted by Crippen LogP contribution is -2.59. The molecule has 3 saturated heterocycles. The van der Waals surface area contributed by atoms with Crippen LogP contribution >= 0.6 is 0 Å². The summed E-state index contributed by atoms with van der Waals surface area (Å²) in [6.45, 7) is 11.3. The fourth-order valence-corrected chi connectivity index (χ4v) is 8.61. The normalized spacial score (nSPS) is 23.9. The zero-order chi connectivity index (χ0) is 37.7. The van der Waals surface area contributed by atoms with E-state index in [1.54, 1.807) is 17.1 Å². The molecule has 278 valence electrons. The number of aliphatic hydroxyl groups excluding tert-OH is 1. The number of hydrogen-bond acceptors (Lipinski definition) is 7. The molecule has 3 aromatic carbocycles. The van der Waals surface area contributed by atoms with E-state index in [0.717, 1.165) is 22.4 Å². The molecule has 3 aromatic rings. The highest BCUT2D eigenvalue weighted by molar-refractivity contribution is 6.05. The van der Waals surface area contributed by atoms with E-state index in [4.69, 9.17) is 9.47 Å². The van der Waals surface area contributed by atoms with Gasteiger partial charge in [-0.1, -0.05) is 91.0 Å². The summed E-state index contributed by atoms with van der Waals surface area (Å²) in [6, 6.07) is 22.6. The number of para-hydroxylation sites is 1. The summed E-state index contributed by atoms with van der Waals surface area (Å²) in [7, 11) is 0. The minimum Gasteiger partial charge on any atom is -0.455 e. The number of allylic oxidation sites excluding steroid dienone is 1. The zero-order valence-electron chi connectivity index (χ0n) is 30.5. The molecular formula is C43H49N3O7. The highest BCUT2D eigenvalue weighted by Crippen LogP contribution is 2.59. The van der Waals surface area contributed by atoms with Crippen molar-refractivity contribution in [2.24, 2.45) is 11.8 Å². The van der Waals surface area contributed by atoms with Crippen LogP contribution in [0.15, 0.2) is 104 Å². The van der Waals surface area contributed by atoms with Crippen molar-refractivity contribution in [1.29, 1.82) is 0 Å². The summed E-state index contributed by atoms with van der Waals surface area (Å²) in [6.07, 6.45) is 3.72. The van der Waals surface area contributed by atoms with Crippen LogP contribution in [0.5, 0.6) is 0 Å². The smallest absolute Gasteiger partial charge is 0.313 e. The molecule has 2 N–H and O–H groups in total. The number of carbonyl (C=O) groups is 4. The van der Waals surface area contributed by atoms with Gasteiger partial charge in [0.1, 0.15) is 17.7 Å². The third-order valence-corrected chi connectivity index (χ3v) is 10.9. The highest BCUT2D eigenvalue weighted by Gasteiger charge is 2.75. The van der Waals surface area contributed by atoms with Crippen molar-refractivity contribution in [2.75, 3.05) is 24.6 Å². The number of aryl methyl sites for hydroxylation is 2. The Bertz CT molecular complexity index is 1810. The maximum atomic E-state index is 15.2. The molecule has 0 radical (unpaired) electrons. The average Bonchev–Trinajstić information content (AvgIpc) is 3.82. The summed E-state index contributed by atoms with van der Waals surface area (Å²) in [5, 5.41) is 13.8. The summed E-state index contributed by atoms with van der Waals surface area (Å²) in [5.74, 6) is -3.62. The topological polar surface area (TPSA) is 125 Å². The number of fused-ring (bicyclic) bond motifs is 1. The summed E-state index contributed by atoms with van der Waals surface area (Å²) >= 11 is 0. The second-order valence-corrected chi connectivity index (χ2v) is 14.3. The molecule has 10 nitrogen and oxygen atoms in total. The molecule has 3 heterocycles. The summed E-state index contributed by atoms with van der Waals surface area (Å²) in [4.78, 5) is 60.3. The lowest BCUT2D eigenvalue weighted by atomic mass is 9.70. The Balaban J connectivity index is 1.38. The first-order chi connectivity index (χ1) is 25.6. The Morgan fingerprint density at radius 1 is 1.02 bits per heavy atom. The number of amides is 3. The Hall–Kier alpha value is -5.06. The number of benzene rings is 3. The maximum absolute atomic E-state index is 15.2. The molecule has 3 amide bonds. The van der Waals surface area contributed by atoms with Gasteiger partial charge in [0.25, 0.3) is 5.91 Å². The molecule has 10 heteroatoms. The van der Waals surface area contributed by atoms with Crippen molar-refractivity contribution < 1.29 is 33.8 Å². The molecule has 3 aliphatic heterocycles. The van der Waals surface area contributed by atoms with Crippen molar-refractivity contribution in [1.82, 2.24) is 10.2 Å². The number of nitrogens with zero attached hydrogens (tertiary/aromatic N) is 2. The average molecular weight is 720 g/mol. The molecule has 0 aliphatic carbocycles. The van der Waals surface area contributed by atoms with Gasteiger partial charge in [0.15, 0.2) is 0 Å². The quantitative estimate of drug-likeness (QED) is 0.155. The van der Waals surface area contributed by atoms with E-state index in [1.165, 1.54) is 4.90 Å². The van der Waals surface area contributed by atoms with E-state index >= 15 is 4.79 Å². The van der Waals surface area contributed by atoms with Gasteiger partial charge in [0.05, 0.1) is 37.1 Å². The molecule has 1 spiro atoms. The van der Waals surface area contributed by atoms with Crippen LogP contribution in [-0.2, 0) is 35.1 Å². The van der Waals surface area contributed by atoms with Gasteiger partial charge in [-0.25, -0.2) is 0 Å². The number of anilines is 1. The van der Waals surface area contributed by atoms with Crippen molar-refractivity contribution >= 4 is 29.4 Å². The van der Waals surface area contributed by atoms with E-state index in [2.05, 4.69) is 18.5 Å². The fraction of sp³-hybridized carbons (Fsp3) is 0.395. The minimum atomic E-state index is -1.33. The number of hydrogen-bond donors (Lipinski definition) is 2. The number of ether oxygens (including phenoxy) is 2. The summed E-state index contributed by atoms with van der Waals surface area (Å²) < 4.78 is 13.0. The number of nitrogens with one attached hydrogen (secondary N) is 1. The van der Waals surface area contributed by atoms with Crippen LogP contribution < -0.4 is 10.2 Å². The van der Waals surface area contributed by atoms with E-state index < -0.39 is 60.2 Å². The fourth-order valence-electron chi connectivity index (χ4n) is 8.61. The van der Waals surface area contributed by atoms with E-state index in [-0.39, 0.29) is 31.3 Å². The predicted octanol–water partition coefficient (Wildman–Crippen LogP) is 5.17. The molecular weight excluding hydrogens is 670 g/mol. The van der Waals surface area contributed by atoms with Gasteiger partial charge in [-0.05, 0) is 61.8 Å². The van der Waals surface area contributed by atoms with Crippen molar-refractivity contribution in [2.45, 2.75) is 75.8 Å². The van der Waals surface area contributed by atoms with Crippen LogP contribution in [0.3, 0.4) is 0 Å². The molecule has 2 bridgehead atoms. The van der Waals surface area contributed by atoms with Gasteiger partial charge >= 0.3 is 5.97 Å². The number of esters is 1. The number of aliphatic hydroxyl groups is 1. The summed E-state index contributed by atoms with van der Waals surface area (Å²) in [5.41, 5.74) is 2.74. The lowest BCUT2D eigenvalue weighted by Gasteiger charge is -2.40. The third-order valence-electron chi connectivity index (χ3n) is 10.9. The van der Waals surface area contributed by atoms with Crippen LogP contribution in [0.25, 0.3) is 0 Å². The second-order valence-electron chi connectivity index (χ2n) is 14.3. The van der Waals surface area contributed by atoms with Crippen LogP contribution in [-0.4, -0.2) is 77.2 Å². The Morgan fingerprint density at radius 2 is 1.70 bits per heavy atom. The molecule has 53 heavy (non-hydrogen) atoms. The first kappa shape index (κ1) is 37.7. The van der Waals surface area contributed by atoms with Crippen molar-refractivity contribution in [3.63, 3.8) is 0 Å². The van der Waals surface area contributed by atoms with E-state index in [1.807, 2.05) is 92.7 Å². The van der Waals surface area contributed by atoms with Gasteiger partial charge in [0, 0.05) is 18.7 Å². The molecule has 6 rings (SSSR count). The lowest BCUT2D eigenvalue weighted by molar-refractivity contribution is -0.161.